The number of ether oxygens (including phenoxy) is 2. The number of phenols is 1. The zero-order valence-electron chi connectivity index (χ0n) is 17.0. The summed E-state index contributed by atoms with van der Waals surface area (Å²) in [7, 11) is 3.07. The molecule has 0 aliphatic carbocycles. The number of phenolic OH excluding ortho intramolecular Hbond substituents is 1. The van der Waals surface area contributed by atoms with Crippen LogP contribution in [0.15, 0.2) is 47.6 Å². The van der Waals surface area contributed by atoms with Crippen LogP contribution in [0.5, 0.6) is 17.2 Å². The summed E-state index contributed by atoms with van der Waals surface area (Å²) in [6, 6.07) is 11.7. The van der Waals surface area contributed by atoms with Crippen LogP contribution in [0.25, 0.3) is 0 Å². The summed E-state index contributed by atoms with van der Waals surface area (Å²) < 4.78 is 10.5. The van der Waals surface area contributed by atoms with Crippen molar-refractivity contribution in [3.63, 3.8) is 0 Å². The van der Waals surface area contributed by atoms with Gasteiger partial charge in [0, 0.05) is 24.6 Å². The summed E-state index contributed by atoms with van der Waals surface area (Å²) >= 11 is 0. The third-order valence-corrected chi connectivity index (χ3v) is 5.04. The number of likely N-dealkylation sites (tertiary alicyclic amines) is 1. The van der Waals surface area contributed by atoms with Crippen LogP contribution in [0.2, 0.25) is 0 Å². The summed E-state index contributed by atoms with van der Waals surface area (Å²) in [4.78, 5) is 26.9. The second kappa shape index (κ2) is 9.78. The predicted octanol–water partition coefficient (Wildman–Crippen LogP) is 2.41. The van der Waals surface area contributed by atoms with E-state index in [1.807, 2.05) is 0 Å². The molecule has 2 N–H and O–H groups in total. The summed E-state index contributed by atoms with van der Waals surface area (Å²) in [5.74, 6) is 0.719. The zero-order valence-corrected chi connectivity index (χ0v) is 17.0. The monoisotopic (exact) mass is 411 g/mol. The van der Waals surface area contributed by atoms with Crippen molar-refractivity contribution in [1.29, 1.82) is 0 Å². The topological polar surface area (TPSA) is 100 Å². The van der Waals surface area contributed by atoms with Gasteiger partial charge in [0.1, 0.15) is 5.75 Å². The smallest absolute Gasteiger partial charge is 0.253 e. The number of hydrogen-bond donors (Lipinski definition) is 2. The lowest BCUT2D eigenvalue weighted by Crippen LogP contribution is -2.42. The Hall–Kier alpha value is -3.55. The van der Waals surface area contributed by atoms with Gasteiger partial charge in [-0.05, 0) is 48.7 Å². The van der Waals surface area contributed by atoms with Crippen LogP contribution >= 0.6 is 0 Å². The molecular formula is C22H25N3O5. The fraction of sp³-hybridized carbons (Fsp3) is 0.318. The van der Waals surface area contributed by atoms with Gasteiger partial charge in [-0.1, -0.05) is 12.1 Å². The van der Waals surface area contributed by atoms with Gasteiger partial charge >= 0.3 is 0 Å². The van der Waals surface area contributed by atoms with Gasteiger partial charge in [-0.3, -0.25) is 9.59 Å². The highest BCUT2D eigenvalue weighted by molar-refractivity contribution is 5.95. The van der Waals surface area contributed by atoms with Gasteiger partial charge in [0.05, 0.1) is 20.4 Å². The molecule has 1 saturated heterocycles. The normalized spacial score (nSPS) is 14.5. The first-order chi connectivity index (χ1) is 14.5. The number of nitrogens with zero attached hydrogens (tertiary/aromatic N) is 2. The molecule has 0 aromatic heterocycles. The molecule has 1 heterocycles. The number of methoxy groups -OCH3 is 2. The molecule has 0 unspecified atom stereocenters. The van der Waals surface area contributed by atoms with Crippen LogP contribution in [-0.2, 0) is 4.79 Å². The van der Waals surface area contributed by atoms with Gasteiger partial charge in [0.2, 0.25) is 5.91 Å². The van der Waals surface area contributed by atoms with E-state index in [9.17, 15) is 14.7 Å². The lowest BCUT2D eigenvalue weighted by Gasteiger charge is -2.31. The van der Waals surface area contributed by atoms with E-state index in [1.165, 1.54) is 13.3 Å². The summed E-state index contributed by atoms with van der Waals surface area (Å²) in [6.07, 6.45) is 2.60. The van der Waals surface area contributed by atoms with Crippen molar-refractivity contribution in [3.05, 3.63) is 53.6 Å². The number of piperidine rings is 1. The Bertz CT molecular complexity index is 936. The molecule has 2 aromatic carbocycles. The summed E-state index contributed by atoms with van der Waals surface area (Å²) in [5.41, 5.74) is 3.74. The number of nitrogens with one attached hydrogen (secondary N) is 1. The van der Waals surface area contributed by atoms with Crippen molar-refractivity contribution in [3.8, 4) is 17.2 Å². The van der Waals surface area contributed by atoms with E-state index in [1.54, 1.807) is 54.5 Å². The largest absolute Gasteiger partial charge is 0.508 e. The van der Waals surface area contributed by atoms with Crippen LogP contribution in [0.3, 0.4) is 0 Å². The molecule has 8 heteroatoms. The first-order valence-corrected chi connectivity index (χ1v) is 9.65. The predicted molar refractivity (Wildman–Crippen MR) is 112 cm³/mol. The van der Waals surface area contributed by atoms with Crippen molar-refractivity contribution in [2.75, 3.05) is 27.3 Å². The minimum Gasteiger partial charge on any atom is -0.508 e. The molecule has 2 amide bonds. The van der Waals surface area contributed by atoms with Crippen LogP contribution in [0.1, 0.15) is 28.8 Å². The molecule has 0 bridgehead atoms. The minimum absolute atomic E-state index is 0.100. The Morgan fingerprint density at radius 1 is 1.10 bits per heavy atom. The molecule has 1 aliphatic heterocycles. The molecular weight excluding hydrogens is 386 g/mol. The number of hydrogen-bond acceptors (Lipinski definition) is 6. The maximum atomic E-state index is 12.8. The molecule has 3 rings (SSSR count). The van der Waals surface area contributed by atoms with Crippen LogP contribution in [0, 0.1) is 5.92 Å². The lowest BCUT2D eigenvalue weighted by atomic mass is 9.95. The average molecular weight is 411 g/mol. The third-order valence-electron chi connectivity index (χ3n) is 5.04. The lowest BCUT2D eigenvalue weighted by molar-refractivity contribution is -0.126. The quantitative estimate of drug-likeness (QED) is 0.562. The SMILES string of the molecule is COc1ccc(C(=O)N2CCC(C(=O)N/N=C\c3cccc(O)c3)CC2)cc1OC. The molecule has 1 aliphatic rings. The Morgan fingerprint density at radius 2 is 1.83 bits per heavy atom. The van der Waals surface area contributed by atoms with E-state index < -0.39 is 0 Å². The van der Waals surface area contributed by atoms with Crippen molar-refractivity contribution < 1.29 is 24.2 Å². The molecule has 0 atom stereocenters. The second-order valence-electron chi connectivity index (χ2n) is 6.97. The highest BCUT2D eigenvalue weighted by Gasteiger charge is 2.28. The van der Waals surface area contributed by atoms with Crippen LogP contribution in [0.4, 0.5) is 0 Å². The van der Waals surface area contributed by atoms with Gasteiger partial charge in [-0.2, -0.15) is 5.10 Å². The summed E-state index contributed by atoms with van der Waals surface area (Å²) in [5, 5.41) is 13.4. The van der Waals surface area contributed by atoms with Crippen LogP contribution in [-0.4, -0.2) is 55.3 Å². The van der Waals surface area contributed by atoms with Crippen molar-refractivity contribution >= 4 is 18.0 Å². The maximum absolute atomic E-state index is 12.8. The molecule has 8 nitrogen and oxygen atoms in total. The number of carbonyl (C=O) groups is 2. The average Bonchev–Trinajstić information content (AvgIpc) is 2.78. The first-order valence-electron chi connectivity index (χ1n) is 9.65. The van der Waals surface area contributed by atoms with Gasteiger partial charge in [-0.15, -0.1) is 0 Å². The van der Waals surface area contributed by atoms with Crippen molar-refractivity contribution in [2.24, 2.45) is 11.0 Å². The van der Waals surface area contributed by atoms with Crippen LogP contribution < -0.4 is 14.9 Å². The third kappa shape index (κ3) is 5.08. The van der Waals surface area contributed by atoms with Gasteiger partial charge in [-0.25, -0.2) is 5.43 Å². The standard InChI is InChI=1S/C22H25N3O5/c1-29-19-7-6-17(13-20(19)30-2)22(28)25-10-8-16(9-11-25)21(27)24-23-14-15-4-3-5-18(26)12-15/h3-7,12-14,16,26H,8-11H2,1-2H3,(H,24,27)/b23-14-. The number of amides is 2. The van der Waals surface area contributed by atoms with Crippen molar-refractivity contribution in [2.45, 2.75) is 12.8 Å². The number of rotatable bonds is 6. The Labute approximate surface area is 175 Å². The Morgan fingerprint density at radius 3 is 2.50 bits per heavy atom. The fourth-order valence-corrected chi connectivity index (χ4v) is 3.36. The van der Waals surface area contributed by atoms with E-state index >= 15 is 0 Å². The van der Waals surface area contributed by atoms with Gasteiger partial charge in [0.15, 0.2) is 11.5 Å². The highest BCUT2D eigenvalue weighted by Crippen LogP contribution is 2.29. The molecule has 30 heavy (non-hydrogen) atoms. The van der Waals surface area contributed by atoms with Gasteiger partial charge in [0.25, 0.3) is 5.91 Å². The first kappa shape index (κ1) is 21.2. The summed E-state index contributed by atoms with van der Waals surface area (Å²) in [6.45, 7) is 0.975. The maximum Gasteiger partial charge on any atom is 0.253 e. The molecule has 1 fully saturated rings. The van der Waals surface area contributed by atoms with E-state index in [0.29, 0.717) is 48.6 Å². The van der Waals surface area contributed by atoms with E-state index in [0.717, 1.165) is 0 Å². The molecule has 158 valence electrons. The number of benzene rings is 2. The zero-order chi connectivity index (χ0) is 21.5. The fourth-order valence-electron chi connectivity index (χ4n) is 3.36. The van der Waals surface area contributed by atoms with E-state index in [-0.39, 0.29) is 23.5 Å². The Kier molecular flexibility index (Phi) is 6.90. The van der Waals surface area contributed by atoms with E-state index in [2.05, 4.69) is 10.5 Å². The molecule has 0 spiro atoms. The molecule has 0 radical (unpaired) electrons. The minimum atomic E-state index is -0.208. The molecule has 0 saturated carbocycles. The Balaban J connectivity index is 1.52. The van der Waals surface area contributed by atoms with Gasteiger partial charge < -0.3 is 19.5 Å². The number of hydrazone groups is 1. The number of aromatic hydroxyl groups is 1. The van der Waals surface area contributed by atoms with E-state index in [4.69, 9.17) is 9.47 Å². The number of carbonyl (C=O) groups excluding carboxylic acids is 2. The second-order valence-corrected chi connectivity index (χ2v) is 6.97. The highest BCUT2D eigenvalue weighted by atomic mass is 16.5. The molecule has 2 aromatic rings. The van der Waals surface area contributed by atoms with Crippen molar-refractivity contribution in [1.82, 2.24) is 10.3 Å².